The second-order valence-electron chi connectivity index (χ2n) is 8.84. The third-order valence-electron chi connectivity index (χ3n) is 5.98. The SMILES string of the molecule is O=C(O)CCCCCCCCCC(COC(=O)c1ccccc1)(COC(=O)c1ccccc1)C(=O)O. The van der Waals surface area contributed by atoms with E-state index in [1.54, 1.807) is 60.7 Å². The van der Waals surface area contributed by atoms with Crippen LogP contribution in [0.25, 0.3) is 0 Å². The molecule has 8 heteroatoms. The summed E-state index contributed by atoms with van der Waals surface area (Å²) in [6.45, 7) is -0.847. The van der Waals surface area contributed by atoms with E-state index < -0.39 is 42.5 Å². The van der Waals surface area contributed by atoms with Gasteiger partial charge in [0.15, 0.2) is 0 Å². The predicted molar refractivity (Wildman–Crippen MR) is 133 cm³/mol. The molecular formula is C28H34O8. The predicted octanol–water partition coefficient (Wildman–Crippen LogP) is 5.37. The minimum absolute atomic E-state index is 0.171. The first-order valence-corrected chi connectivity index (χ1v) is 12.2. The molecule has 0 aliphatic heterocycles. The van der Waals surface area contributed by atoms with Crippen LogP contribution in [0, 0.1) is 5.41 Å². The second-order valence-corrected chi connectivity index (χ2v) is 8.84. The van der Waals surface area contributed by atoms with Crippen molar-refractivity contribution < 1.29 is 38.9 Å². The Hall–Kier alpha value is -3.68. The summed E-state index contributed by atoms with van der Waals surface area (Å²) in [4.78, 5) is 47.9. The molecule has 0 atom stereocenters. The van der Waals surface area contributed by atoms with Crippen LogP contribution in [0.1, 0.15) is 78.5 Å². The van der Waals surface area contributed by atoms with Gasteiger partial charge in [0.05, 0.1) is 11.1 Å². The number of hydrogen-bond donors (Lipinski definition) is 2. The molecule has 8 nitrogen and oxygen atoms in total. The first-order valence-electron chi connectivity index (χ1n) is 12.2. The van der Waals surface area contributed by atoms with Crippen LogP contribution in [-0.2, 0) is 19.1 Å². The lowest BCUT2D eigenvalue weighted by Gasteiger charge is -2.28. The summed E-state index contributed by atoms with van der Waals surface area (Å²) in [5.41, 5.74) is -0.960. The fourth-order valence-corrected chi connectivity index (χ4v) is 3.76. The van der Waals surface area contributed by atoms with Gasteiger partial charge in [0.2, 0.25) is 0 Å². The molecule has 2 aromatic rings. The first-order chi connectivity index (χ1) is 17.3. The molecule has 0 unspecified atom stereocenters. The van der Waals surface area contributed by atoms with Gasteiger partial charge in [-0.15, -0.1) is 0 Å². The number of carbonyl (C=O) groups is 4. The van der Waals surface area contributed by atoms with Gasteiger partial charge in [-0.3, -0.25) is 9.59 Å². The number of benzene rings is 2. The van der Waals surface area contributed by atoms with E-state index in [-0.39, 0.29) is 12.8 Å². The molecule has 0 aliphatic rings. The highest BCUT2D eigenvalue weighted by Gasteiger charge is 2.41. The number of ether oxygens (including phenoxy) is 2. The highest BCUT2D eigenvalue weighted by atomic mass is 16.6. The van der Waals surface area contributed by atoms with Crippen LogP contribution >= 0.6 is 0 Å². The minimum atomic E-state index is -1.57. The number of unbranched alkanes of at least 4 members (excludes halogenated alkanes) is 6. The molecule has 0 heterocycles. The quantitative estimate of drug-likeness (QED) is 0.220. The van der Waals surface area contributed by atoms with Gasteiger partial charge < -0.3 is 19.7 Å². The van der Waals surface area contributed by atoms with E-state index in [9.17, 15) is 24.3 Å². The molecule has 0 fully saturated rings. The third-order valence-corrected chi connectivity index (χ3v) is 5.98. The van der Waals surface area contributed by atoms with Crippen LogP contribution in [-0.4, -0.2) is 47.3 Å². The standard InChI is InChI=1S/C28H34O8/c29-24(30)18-12-4-2-1-3-5-13-19-28(27(33)34,20-35-25(31)22-14-8-6-9-15-22)21-36-26(32)23-16-10-7-11-17-23/h6-11,14-17H,1-5,12-13,18-21H2,(H,29,30)(H,33,34). The molecule has 2 N–H and O–H groups in total. The Bertz CT molecular complexity index is 916. The Balaban J connectivity index is 1.96. The first kappa shape index (κ1) is 28.6. The monoisotopic (exact) mass is 498 g/mol. The molecule has 0 aromatic heterocycles. The summed E-state index contributed by atoms with van der Waals surface area (Å²) in [6, 6.07) is 16.6. The molecule has 0 radical (unpaired) electrons. The van der Waals surface area contributed by atoms with Crippen LogP contribution < -0.4 is 0 Å². The van der Waals surface area contributed by atoms with E-state index in [1.165, 1.54) is 0 Å². The van der Waals surface area contributed by atoms with Crippen molar-refractivity contribution in [3.05, 3.63) is 71.8 Å². The molecule has 194 valence electrons. The smallest absolute Gasteiger partial charge is 0.338 e. The summed E-state index contributed by atoms with van der Waals surface area (Å²) in [6.07, 6.45) is 5.85. The number of aliphatic carboxylic acids is 2. The zero-order chi connectivity index (χ0) is 26.2. The van der Waals surface area contributed by atoms with E-state index in [1.807, 2.05) is 0 Å². The molecule has 2 rings (SSSR count). The fraction of sp³-hybridized carbons (Fsp3) is 0.429. The Morgan fingerprint density at radius 1 is 0.611 bits per heavy atom. The van der Waals surface area contributed by atoms with Crippen molar-refractivity contribution in [2.45, 2.75) is 57.8 Å². The van der Waals surface area contributed by atoms with Gasteiger partial charge in [-0.25, -0.2) is 9.59 Å². The number of carboxylic acids is 2. The van der Waals surface area contributed by atoms with Crippen LogP contribution in [0.3, 0.4) is 0 Å². The largest absolute Gasteiger partial charge is 0.481 e. The molecule has 0 amide bonds. The van der Waals surface area contributed by atoms with Crippen LogP contribution in [0.15, 0.2) is 60.7 Å². The van der Waals surface area contributed by atoms with Crippen molar-refractivity contribution >= 4 is 23.9 Å². The van der Waals surface area contributed by atoms with Gasteiger partial charge in [-0.05, 0) is 37.1 Å². The maximum atomic E-state index is 12.5. The average molecular weight is 499 g/mol. The lowest BCUT2D eigenvalue weighted by atomic mass is 9.83. The molecule has 36 heavy (non-hydrogen) atoms. The van der Waals surface area contributed by atoms with E-state index in [0.717, 1.165) is 32.1 Å². The average Bonchev–Trinajstić information content (AvgIpc) is 2.89. The third kappa shape index (κ3) is 9.90. The Labute approximate surface area is 211 Å². The Morgan fingerprint density at radius 3 is 1.44 bits per heavy atom. The zero-order valence-corrected chi connectivity index (χ0v) is 20.4. The maximum Gasteiger partial charge on any atom is 0.338 e. The van der Waals surface area contributed by atoms with Gasteiger partial charge in [0, 0.05) is 6.42 Å². The van der Waals surface area contributed by atoms with Gasteiger partial charge in [0.1, 0.15) is 18.6 Å². The van der Waals surface area contributed by atoms with Crippen molar-refractivity contribution in [2.24, 2.45) is 5.41 Å². The number of esters is 2. The normalized spacial score (nSPS) is 11.0. The van der Waals surface area contributed by atoms with Gasteiger partial charge >= 0.3 is 23.9 Å². The number of carbonyl (C=O) groups excluding carboxylic acids is 2. The van der Waals surface area contributed by atoms with Gasteiger partial charge in [-0.2, -0.15) is 0 Å². The molecule has 0 spiro atoms. The lowest BCUT2D eigenvalue weighted by Crippen LogP contribution is -2.42. The minimum Gasteiger partial charge on any atom is -0.481 e. The highest BCUT2D eigenvalue weighted by Crippen LogP contribution is 2.29. The van der Waals surface area contributed by atoms with Crippen molar-refractivity contribution in [1.82, 2.24) is 0 Å². The number of rotatable bonds is 17. The van der Waals surface area contributed by atoms with E-state index >= 15 is 0 Å². The van der Waals surface area contributed by atoms with E-state index in [2.05, 4.69) is 0 Å². The lowest BCUT2D eigenvalue weighted by molar-refractivity contribution is -0.155. The summed E-state index contributed by atoms with van der Waals surface area (Å²) in [7, 11) is 0. The maximum absolute atomic E-state index is 12.5. The highest BCUT2D eigenvalue weighted by molar-refractivity contribution is 5.90. The van der Waals surface area contributed by atoms with E-state index in [0.29, 0.717) is 24.0 Å². The number of hydrogen-bond acceptors (Lipinski definition) is 6. The van der Waals surface area contributed by atoms with Crippen molar-refractivity contribution in [2.75, 3.05) is 13.2 Å². The van der Waals surface area contributed by atoms with Crippen LogP contribution in [0.5, 0.6) is 0 Å². The van der Waals surface area contributed by atoms with Crippen molar-refractivity contribution in [3.63, 3.8) is 0 Å². The summed E-state index contributed by atoms with van der Waals surface area (Å²) < 4.78 is 10.8. The zero-order valence-electron chi connectivity index (χ0n) is 20.4. The summed E-state index contributed by atoms with van der Waals surface area (Å²) in [5, 5.41) is 18.8. The Morgan fingerprint density at radius 2 is 1.03 bits per heavy atom. The molecule has 0 aliphatic carbocycles. The fourth-order valence-electron chi connectivity index (χ4n) is 3.76. The van der Waals surface area contributed by atoms with Gasteiger partial charge in [-0.1, -0.05) is 74.9 Å². The van der Waals surface area contributed by atoms with E-state index in [4.69, 9.17) is 14.6 Å². The molecule has 0 saturated carbocycles. The molecule has 2 aromatic carbocycles. The van der Waals surface area contributed by atoms with Crippen LogP contribution in [0.4, 0.5) is 0 Å². The molecular weight excluding hydrogens is 464 g/mol. The van der Waals surface area contributed by atoms with Crippen molar-refractivity contribution in [3.8, 4) is 0 Å². The molecule has 0 saturated heterocycles. The second kappa shape index (κ2) is 15.3. The summed E-state index contributed by atoms with van der Waals surface area (Å²) >= 11 is 0. The topological polar surface area (TPSA) is 127 Å². The summed E-state index contributed by atoms with van der Waals surface area (Å²) in [5.74, 6) is -3.27. The molecule has 0 bridgehead atoms. The van der Waals surface area contributed by atoms with Gasteiger partial charge in [0.25, 0.3) is 0 Å². The Kier molecular flexibility index (Phi) is 12.2. The van der Waals surface area contributed by atoms with Crippen LogP contribution in [0.2, 0.25) is 0 Å². The van der Waals surface area contributed by atoms with Crippen molar-refractivity contribution in [1.29, 1.82) is 0 Å². The number of carboxylic acid groups (broad SMARTS) is 2.